The summed E-state index contributed by atoms with van der Waals surface area (Å²) in [6, 6.07) is 13.6. The molecule has 5 rings (SSSR count). The number of hydrogen-bond donors (Lipinski definition) is 0. The molecule has 0 radical (unpaired) electrons. The third-order valence-electron chi connectivity index (χ3n) is 4.94. The average molecular weight is 378 g/mol. The lowest BCUT2D eigenvalue weighted by molar-refractivity contribution is -0.127. The Kier molecular flexibility index (Phi) is 3.86. The van der Waals surface area contributed by atoms with Crippen LogP contribution in [0.2, 0.25) is 0 Å². The Morgan fingerprint density at radius 2 is 2.07 bits per heavy atom. The Morgan fingerprint density at radius 3 is 2.89 bits per heavy atom. The Bertz CT molecular complexity index is 1030. The van der Waals surface area contributed by atoms with E-state index in [0.717, 1.165) is 28.4 Å². The van der Waals surface area contributed by atoms with E-state index < -0.39 is 6.10 Å². The highest BCUT2D eigenvalue weighted by atomic mass is 32.1. The van der Waals surface area contributed by atoms with Gasteiger partial charge in [0.05, 0.1) is 10.7 Å². The first kappa shape index (κ1) is 16.3. The van der Waals surface area contributed by atoms with Crippen molar-refractivity contribution in [3.8, 4) is 22.8 Å². The Morgan fingerprint density at radius 1 is 1.22 bits per heavy atom. The van der Waals surface area contributed by atoms with Crippen LogP contribution in [-0.2, 0) is 11.2 Å². The molecule has 1 atom stereocenters. The molecule has 0 N–H and O–H groups in total. The summed E-state index contributed by atoms with van der Waals surface area (Å²) in [7, 11) is 0. The summed E-state index contributed by atoms with van der Waals surface area (Å²) in [4.78, 5) is 19.4. The lowest BCUT2D eigenvalue weighted by atomic mass is 10.1. The molecule has 1 aromatic heterocycles. The molecule has 0 saturated carbocycles. The van der Waals surface area contributed by atoms with E-state index in [1.807, 2.05) is 48.2 Å². The van der Waals surface area contributed by atoms with Crippen molar-refractivity contribution >= 4 is 22.9 Å². The summed E-state index contributed by atoms with van der Waals surface area (Å²) in [5.41, 5.74) is 4.21. The first-order valence-electron chi connectivity index (χ1n) is 8.94. The third-order valence-corrected chi connectivity index (χ3v) is 5.71. The van der Waals surface area contributed by atoms with Gasteiger partial charge in [-0.15, -0.1) is 11.3 Å². The molecule has 2 aliphatic rings. The molecule has 0 fully saturated rings. The maximum Gasteiger partial charge on any atom is 0.271 e. The zero-order chi connectivity index (χ0) is 18.4. The molecule has 27 heavy (non-hydrogen) atoms. The first-order chi connectivity index (χ1) is 13.2. The number of rotatable bonds is 2. The molecule has 0 bridgehead atoms. The van der Waals surface area contributed by atoms with E-state index in [4.69, 9.17) is 9.47 Å². The summed E-state index contributed by atoms with van der Waals surface area (Å²) in [5, 5.41) is 3.12. The fourth-order valence-corrected chi connectivity index (χ4v) is 4.22. The lowest BCUT2D eigenvalue weighted by Gasteiger charge is -2.29. The molecule has 2 aliphatic heterocycles. The largest absolute Gasteiger partial charge is 0.485 e. The minimum absolute atomic E-state index is 0.0551. The molecule has 0 aliphatic carbocycles. The van der Waals surface area contributed by atoms with Crippen molar-refractivity contribution in [3.63, 3.8) is 0 Å². The van der Waals surface area contributed by atoms with Crippen molar-refractivity contribution in [2.24, 2.45) is 0 Å². The molecule has 136 valence electrons. The molecular formula is C21H18N2O3S. The summed E-state index contributed by atoms with van der Waals surface area (Å²) >= 11 is 1.65. The summed E-state index contributed by atoms with van der Waals surface area (Å²) in [5.74, 6) is 1.25. The summed E-state index contributed by atoms with van der Waals surface area (Å²) in [6.45, 7) is 2.90. The van der Waals surface area contributed by atoms with Crippen LogP contribution in [0.25, 0.3) is 11.3 Å². The van der Waals surface area contributed by atoms with Crippen LogP contribution < -0.4 is 14.4 Å². The number of benzene rings is 2. The number of para-hydroxylation sites is 2. The predicted molar refractivity (Wildman–Crippen MR) is 105 cm³/mol. The molecule has 1 unspecified atom stereocenters. The van der Waals surface area contributed by atoms with E-state index in [1.165, 1.54) is 5.56 Å². The quantitative estimate of drug-likeness (QED) is 0.680. The SMILES string of the molecule is Cc1nc(-c2ccc3c(c2)CCN3C(=O)C2COc3ccccc3O2)cs1. The Balaban J connectivity index is 1.38. The van der Waals surface area contributed by atoms with Gasteiger partial charge in [0, 0.05) is 23.2 Å². The van der Waals surface area contributed by atoms with E-state index in [-0.39, 0.29) is 12.5 Å². The highest BCUT2D eigenvalue weighted by molar-refractivity contribution is 7.09. The van der Waals surface area contributed by atoms with Gasteiger partial charge in [-0.05, 0) is 43.2 Å². The molecule has 6 heteroatoms. The maximum absolute atomic E-state index is 13.0. The monoisotopic (exact) mass is 378 g/mol. The van der Waals surface area contributed by atoms with Gasteiger partial charge < -0.3 is 14.4 Å². The Labute approximate surface area is 161 Å². The fraction of sp³-hybridized carbons (Fsp3) is 0.238. The van der Waals surface area contributed by atoms with Crippen LogP contribution in [0.5, 0.6) is 11.5 Å². The predicted octanol–water partition coefficient (Wildman–Crippen LogP) is 3.85. The van der Waals surface area contributed by atoms with Crippen LogP contribution in [0.1, 0.15) is 10.6 Å². The first-order valence-corrected chi connectivity index (χ1v) is 9.82. The number of aryl methyl sites for hydroxylation is 1. The molecule has 1 amide bonds. The summed E-state index contributed by atoms with van der Waals surface area (Å²) in [6.07, 6.45) is 0.217. The molecular weight excluding hydrogens is 360 g/mol. The second-order valence-corrected chi connectivity index (χ2v) is 7.76. The Hall–Kier alpha value is -2.86. The number of aromatic nitrogens is 1. The van der Waals surface area contributed by atoms with Gasteiger partial charge in [0.25, 0.3) is 5.91 Å². The van der Waals surface area contributed by atoms with Crippen LogP contribution in [-0.4, -0.2) is 30.1 Å². The highest BCUT2D eigenvalue weighted by Gasteiger charge is 2.34. The second-order valence-electron chi connectivity index (χ2n) is 6.70. The average Bonchev–Trinajstić information content (AvgIpc) is 3.32. The van der Waals surface area contributed by atoms with Gasteiger partial charge in [0.15, 0.2) is 11.5 Å². The van der Waals surface area contributed by atoms with Gasteiger partial charge in [-0.2, -0.15) is 0 Å². The minimum Gasteiger partial charge on any atom is -0.485 e. The number of amides is 1. The minimum atomic E-state index is -0.619. The molecule has 5 nitrogen and oxygen atoms in total. The number of thiazole rings is 1. The zero-order valence-corrected chi connectivity index (χ0v) is 15.7. The van der Waals surface area contributed by atoms with Gasteiger partial charge in [-0.3, -0.25) is 4.79 Å². The lowest BCUT2D eigenvalue weighted by Crippen LogP contribution is -2.46. The van der Waals surface area contributed by atoms with Gasteiger partial charge in [0.1, 0.15) is 6.61 Å². The van der Waals surface area contributed by atoms with E-state index in [0.29, 0.717) is 18.0 Å². The van der Waals surface area contributed by atoms with Crippen molar-refractivity contribution in [2.75, 3.05) is 18.1 Å². The van der Waals surface area contributed by atoms with Gasteiger partial charge in [-0.25, -0.2) is 4.98 Å². The number of carbonyl (C=O) groups excluding carboxylic acids is 1. The standard InChI is InChI=1S/C21H18N2O3S/c1-13-22-16(12-27-13)14-6-7-17-15(10-14)8-9-23(17)21(24)20-11-25-18-4-2-3-5-19(18)26-20/h2-7,10,12,20H,8-9,11H2,1H3. The molecule has 3 aromatic rings. The normalized spacial score (nSPS) is 17.7. The van der Waals surface area contributed by atoms with Crippen LogP contribution >= 0.6 is 11.3 Å². The summed E-state index contributed by atoms with van der Waals surface area (Å²) < 4.78 is 11.6. The number of anilines is 1. The van der Waals surface area contributed by atoms with Crippen LogP contribution in [0.15, 0.2) is 47.8 Å². The van der Waals surface area contributed by atoms with Crippen LogP contribution in [0, 0.1) is 6.92 Å². The topological polar surface area (TPSA) is 51.7 Å². The van der Waals surface area contributed by atoms with Gasteiger partial charge in [0.2, 0.25) is 6.10 Å². The number of carbonyl (C=O) groups is 1. The van der Waals surface area contributed by atoms with Crippen molar-refractivity contribution in [1.82, 2.24) is 4.98 Å². The number of ether oxygens (including phenoxy) is 2. The fourth-order valence-electron chi connectivity index (χ4n) is 3.60. The van der Waals surface area contributed by atoms with Crippen LogP contribution in [0.3, 0.4) is 0 Å². The van der Waals surface area contributed by atoms with Crippen molar-refractivity contribution < 1.29 is 14.3 Å². The molecule has 3 heterocycles. The van der Waals surface area contributed by atoms with E-state index in [9.17, 15) is 4.79 Å². The van der Waals surface area contributed by atoms with Crippen molar-refractivity contribution in [2.45, 2.75) is 19.4 Å². The smallest absolute Gasteiger partial charge is 0.271 e. The van der Waals surface area contributed by atoms with E-state index in [2.05, 4.69) is 16.4 Å². The second kappa shape index (κ2) is 6.39. The van der Waals surface area contributed by atoms with E-state index in [1.54, 1.807) is 11.3 Å². The number of fused-ring (bicyclic) bond motifs is 2. The van der Waals surface area contributed by atoms with Gasteiger partial charge in [-0.1, -0.05) is 18.2 Å². The third kappa shape index (κ3) is 2.86. The van der Waals surface area contributed by atoms with Crippen LogP contribution in [0.4, 0.5) is 5.69 Å². The molecule has 0 saturated heterocycles. The molecule has 2 aromatic carbocycles. The van der Waals surface area contributed by atoms with Crippen molar-refractivity contribution in [1.29, 1.82) is 0 Å². The number of nitrogens with zero attached hydrogens (tertiary/aromatic N) is 2. The van der Waals surface area contributed by atoms with Crippen molar-refractivity contribution in [3.05, 3.63) is 58.4 Å². The van der Waals surface area contributed by atoms with E-state index >= 15 is 0 Å². The maximum atomic E-state index is 13.0. The number of hydrogen-bond acceptors (Lipinski definition) is 5. The van der Waals surface area contributed by atoms with Gasteiger partial charge >= 0.3 is 0 Å². The highest BCUT2D eigenvalue weighted by Crippen LogP contribution is 2.35. The zero-order valence-electron chi connectivity index (χ0n) is 14.8. The molecule has 0 spiro atoms.